The van der Waals surface area contributed by atoms with E-state index < -0.39 is 0 Å². The summed E-state index contributed by atoms with van der Waals surface area (Å²) in [5.74, 6) is 0.390. The van der Waals surface area contributed by atoms with E-state index in [4.69, 9.17) is 5.73 Å². The highest BCUT2D eigenvalue weighted by Crippen LogP contribution is 2.41. The van der Waals surface area contributed by atoms with Gasteiger partial charge >= 0.3 is 0 Å². The number of hydrogen-bond acceptors (Lipinski definition) is 2. The highest BCUT2D eigenvalue weighted by Gasteiger charge is 2.38. The van der Waals surface area contributed by atoms with Crippen molar-refractivity contribution in [1.82, 2.24) is 0 Å². The minimum atomic E-state index is -0.270. The van der Waals surface area contributed by atoms with Crippen molar-refractivity contribution in [2.24, 2.45) is 11.1 Å². The average Bonchev–Trinajstić information content (AvgIpc) is 2.48. The fourth-order valence-corrected chi connectivity index (χ4v) is 3.43. The molecular formula is C17H27NO. The predicted octanol–water partition coefficient (Wildman–Crippen LogP) is 3.45. The van der Waals surface area contributed by atoms with Crippen LogP contribution >= 0.6 is 0 Å². The van der Waals surface area contributed by atoms with Gasteiger partial charge in [0, 0.05) is 12.0 Å². The normalized spacial score (nSPS) is 21.8. The zero-order valence-corrected chi connectivity index (χ0v) is 12.0. The van der Waals surface area contributed by atoms with Crippen molar-refractivity contribution in [2.45, 2.75) is 57.5 Å². The molecule has 0 aliphatic heterocycles. The lowest BCUT2D eigenvalue weighted by Gasteiger charge is -2.41. The fourth-order valence-electron chi connectivity index (χ4n) is 3.43. The van der Waals surface area contributed by atoms with Crippen molar-refractivity contribution in [2.75, 3.05) is 6.54 Å². The standard InChI is InChI=1S/C17H27NO/c1-14(15-8-4-2-5-9-15)12-16(19)17(13-18)10-6-3-7-11-17/h2,4-5,8-9,14,16,19H,3,6-7,10-13,18H2,1H3. The highest BCUT2D eigenvalue weighted by molar-refractivity contribution is 5.19. The first-order chi connectivity index (χ1) is 9.18. The molecule has 2 atom stereocenters. The van der Waals surface area contributed by atoms with Crippen LogP contribution in [-0.4, -0.2) is 17.8 Å². The molecule has 0 amide bonds. The van der Waals surface area contributed by atoms with Crippen molar-refractivity contribution in [3.05, 3.63) is 35.9 Å². The maximum absolute atomic E-state index is 10.7. The quantitative estimate of drug-likeness (QED) is 0.852. The fraction of sp³-hybridized carbons (Fsp3) is 0.647. The van der Waals surface area contributed by atoms with Crippen LogP contribution in [0.25, 0.3) is 0 Å². The molecule has 0 spiro atoms. The summed E-state index contributed by atoms with van der Waals surface area (Å²) in [6.45, 7) is 2.82. The molecule has 2 rings (SSSR count). The molecule has 106 valence electrons. The van der Waals surface area contributed by atoms with E-state index in [0.29, 0.717) is 12.5 Å². The topological polar surface area (TPSA) is 46.2 Å². The smallest absolute Gasteiger partial charge is 0.0614 e. The van der Waals surface area contributed by atoms with E-state index >= 15 is 0 Å². The monoisotopic (exact) mass is 261 g/mol. The molecule has 1 saturated carbocycles. The zero-order valence-electron chi connectivity index (χ0n) is 12.0. The van der Waals surface area contributed by atoms with Gasteiger partial charge in [0.2, 0.25) is 0 Å². The molecule has 0 heterocycles. The second-order valence-electron chi connectivity index (χ2n) is 6.19. The number of hydrogen-bond donors (Lipinski definition) is 2. The van der Waals surface area contributed by atoms with Crippen LogP contribution in [0.15, 0.2) is 30.3 Å². The largest absolute Gasteiger partial charge is 0.392 e. The second kappa shape index (κ2) is 6.53. The zero-order chi connectivity index (χ0) is 13.7. The molecule has 2 unspecified atom stereocenters. The number of aliphatic hydroxyl groups excluding tert-OH is 1. The Balaban J connectivity index is 2.01. The molecule has 0 saturated heterocycles. The summed E-state index contributed by atoms with van der Waals surface area (Å²) in [4.78, 5) is 0. The van der Waals surface area contributed by atoms with E-state index in [1.165, 1.54) is 24.8 Å². The van der Waals surface area contributed by atoms with Gasteiger partial charge in [0.1, 0.15) is 0 Å². The van der Waals surface area contributed by atoms with Crippen molar-refractivity contribution < 1.29 is 5.11 Å². The SMILES string of the molecule is CC(CC(O)C1(CN)CCCCC1)c1ccccc1. The Kier molecular flexibility index (Phi) is 5.00. The lowest BCUT2D eigenvalue weighted by atomic mass is 9.68. The molecule has 2 heteroatoms. The molecule has 1 aliphatic rings. The van der Waals surface area contributed by atoms with E-state index in [1.54, 1.807) is 0 Å². The van der Waals surface area contributed by atoms with E-state index in [0.717, 1.165) is 19.3 Å². The van der Waals surface area contributed by atoms with Crippen LogP contribution in [0.3, 0.4) is 0 Å². The van der Waals surface area contributed by atoms with Crippen molar-refractivity contribution in [3.8, 4) is 0 Å². The third-order valence-corrected chi connectivity index (χ3v) is 4.91. The van der Waals surface area contributed by atoms with Crippen molar-refractivity contribution >= 4 is 0 Å². The van der Waals surface area contributed by atoms with Crippen molar-refractivity contribution in [1.29, 1.82) is 0 Å². The van der Waals surface area contributed by atoms with E-state index in [-0.39, 0.29) is 11.5 Å². The van der Waals surface area contributed by atoms with Crippen LogP contribution in [0.2, 0.25) is 0 Å². The maximum atomic E-state index is 10.7. The minimum Gasteiger partial charge on any atom is -0.392 e. The Morgan fingerprint density at radius 3 is 2.37 bits per heavy atom. The van der Waals surface area contributed by atoms with E-state index in [1.807, 2.05) is 6.07 Å². The van der Waals surface area contributed by atoms with Crippen molar-refractivity contribution in [3.63, 3.8) is 0 Å². The van der Waals surface area contributed by atoms with Crippen LogP contribution in [-0.2, 0) is 0 Å². The van der Waals surface area contributed by atoms with Crippen LogP contribution in [0.1, 0.15) is 56.9 Å². The second-order valence-corrected chi connectivity index (χ2v) is 6.19. The third kappa shape index (κ3) is 3.37. The van der Waals surface area contributed by atoms with Crippen LogP contribution in [0.5, 0.6) is 0 Å². The maximum Gasteiger partial charge on any atom is 0.0614 e. The molecule has 1 aromatic carbocycles. The van der Waals surface area contributed by atoms with Crippen LogP contribution in [0.4, 0.5) is 0 Å². The van der Waals surface area contributed by atoms with Gasteiger partial charge in [-0.15, -0.1) is 0 Å². The molecule has 19 heavy (non-hydrogen) atoms. The Hall–Kier alpha value is -0.860. The van der Waals surface area contributed by atoms with Gasteiger partial charge in [0.15, 0.2) is 0 Å². The van der Waals surface area contributed by atoms with Gasteiger partial charge < -0.3 is 10.8 Å². The summed E-state index contributed by atoms with van der Waals surface area (Å²) in [7, 11) is 0. The molecule has 1 aromatic rings. The summed E-state index contributed by atoms with van der Waals surface area (Å²) >= 11 is 0. The van der Waals surface area contributed by atoms with Crippen LogP contribution in [0, 0.1) is 5.41 Å². The van der Waals surface area contributed by atoms with Gasteiger partial charge in [-0.05, 0) is 30.7 Å². The summed E-state index contributed by atoms with van der Waals surface area (Å²) < 4.78 is 0. The molecule has 3 N–H and O–H groups in total. The molecule has 2 nitrogen and oxygen atoms in total. The van der Waals surface area contributed by atoms with Gasteiger partial charge in [0.25, 0.3) is 0 Å². The van der Waals surface area contributed by atoms with Gasteiger partial charge in [-0.25, -0.2) is 0 Å². The molecule has 0 aromatic heterocycles. The Labute approximate surface area is 117 Å². The summed E-state index contributed by atoms with van der Waals surface area (Å²) in [6, 6.07) is 10.5. The summed E-state index contributed by atoms with van der Waals surface area (Å²) in [6.07, 6.45) is 6.46. The Morgan fingerprint density at radius 2 is 1.79 bits per heavy atom. The third-order valence-electron chi connectivity index (χ3n) is 4.91. The number of nitrogens with two attached hydrogens (primary N) is 1. The van der Waals surface area contributed by atoms with Gasteiger partial charge in [0.05, 0.1) is 6.10 Å². The number of aliphatic hydroxyl groups is 1. The molecule has 0 bridgehead atoms. The summed E-state index contributed by atoms with van der Waals surface area (Å²) in [5, 5.41) is 10.7. The molecular weight excluding hydrogens is 234 g/mol. The van der Waals surface area contributed by atoms with E-state index in [9.17, 15) is 5.11 Å². The molecule has 1 fully saturated rings. The Bertz CT molecular complexity index is 370. The minimum absolute atomic E-state index is 0.0265. The van der Waals surface area contributed by atoms with Gasteiger partial charge in [-0.3, -0.25) is 0 Å². The average molecular weight is 261 g/mol. The lowest BCUT2D eigenvalue weighted by molar-refractivity contribution is -0.00635. The Morgan fingerprint density at radius 1 is 1.16 bits per heavy atom. The van der Waals surface area contributed by atoms with Gasteiger partial charge in [-0.2, -0.15) is 0 Å². The van der Waals surface area contributed by atoms with Gasteiger partial charge in [-0.1, -0.05) is 56.5 Å². The first kappa shape index (κ1) is 14.5. The molecule has 0 radical (unpaired) electrons. The lowest BCUT2D eigenvalue weighted by Crippen LogP contribution is -2.43. The van der Waals surface area contributed by atoms with E-state index in [2.05, 4.69) is 31.2 Å². The predicted molar refractivity (Wildman–Crippen MR) is 80.1 cm³/mol. The highest BCUT2D eigenvalue weighted by atomic mass is 16.3. The number of rotatable bonds is 5. The summed E-state index contributed by atoms with van der Waals surface area (Å²) in [5.41, 5.74) is 7.28. The number of benzene rings is 1. The van der Waals surface area contributed by atoms with Crippen LogP contribution < -0.4 is 5.73 Å². The first-order valence-corrected chi connectivity index (χ1v) is 7.61. The molecule has 1 aliphatic carbocycles. The first-order valence-electron chi connectivity index (χ1n) is 7.61.